The molecule has 6 heteroatoms. The minimum Gasteiger partial charge on any atom is -0.493 e. The number of hydrazone groups is 1. The van der Waals surface area contributed by atoms with Crippen molar-refractivity contribution in [1.29, 1.82) is 0 Å². The molecule has 0 N–H and O–H groups in total. The van der Waals surface area contributed by atoms with Crippen LogP contribution in [0.5, 0.6) is 11.5 Å². The molecule has 0 radical (unpaired) electrons. The second kappa shape index (κ2) is 5.19. The Hall–Kier alpha value is -2.63. The van der Waals surface area contributed by atoms with E-state index in [1.54, 1.807) is 32.4 Å². The van der Waals surface area contributed by atoms with Crippen LogP contribution in [0.4, 0.5) is 0 Å². The number of allylic oxidation sites excluding steroid dienone is 2. The summed E-state index contributed by atoms with van der Waals surface area (Å²) >= 11 is 0. The average Bonchev–Trinajstić information content (AvgIpc) is 3.26. The second-order valence-corrected chi connectivity index (χ2v) is 7.57. The first-order chi connectivity index (χ1) is 12.6. The number of benzene rings is 1. The van der Waals surface area contributed by atoms with Crippen molar-refractivity contribution in [2.24, 2.45) is 34.2 Å². The summed E-state index contributed by atoms with van der Waals surface area (Å²) in [5, 5.41) is 5.30. The summed E-state index contributed by atoms with van der Waals surface area (Å²) in [6, 6.07) is 5.34. The first-order valence-electron chi connectivity index (χ1n) is 8.93. The highest BCUT2D eigenvalue weighted by atomic mass is 16.5. The lowest BCUT2D eigenvalue weighted by Gasteiger charge is -2.18. The van der Waals surface area contributed by atoms with E-state index in [1.807, 2.05) is 0 Å². The van der Waals surface area contributed by atoms with Gasteiger partial charge in [-0.15, -0.1) is 0 Å². The van der Waals surface area contributed by atoms with Gasteiger partial charge in [0.2, 0.25) is 0 Å². The van der Waals surface area contributed by atoms with Gasteiger partial charge in [0, 0.05) is 0 Å². The van der Waals surface area contributed by atoms with Crippen LogP contribution >= 0.6 is 0 Å². The highest BCUT2D eigenvalue weighted by Gasteiger charge is 2.73. The maximum absolute atomic E-state index is 12.9. The minimum absolute atomic E-state index is 0.153. The maximum atomic E-state index is 12.9. The highest BCUT2D eigenvalue weighted by Crippen LogP contribution is 2.73. The summed E-state index contributed by atoms with van der Waals surface area (Å²) in [7, 11) is 3.13. The molecular weight excluding hydrogens is 332 g/mol. The molecule has 1 saturated heterocycles. The van der Waals surface area contributed by atoms with Crippen molar-refractivity contribution in [2.45, 2.75) is 12.8 Å². The van der Waals surface area contributed by atoms with Gasteiger partial charge in [0.1, 0.15) is 0 Å². The zero-order chi connectivity index (χ0) is 18.1. The molecule has 5 rings (SSSR count). The topological polar surface area (TPSA) is 68.2 Å². The number of nitrogens with zero attached hydrogens (tertiary/aromatic N) is 2. The van der Waals surface area contributed by atoms with E-state index in [0.717, 1.165) is 23.4 Å². The highest BCUT2D eigenvalue weighted by molar-refractivity contribution is 6.07. The zero-order valence-electron chi connectivity index (χ0n) is 14.7. The van der Waals surface area contributed by atoms with Crippen LogP contribution in [0.25, 0.3) is 0 Å². The van der Waals surface area contributed by atoms with Crippen molar-refractivity contribution in [2.75, 3.05) is 14.2 Å². The molecule has 1 aromatic carbocycles. The SMILES string of the molecule is COc1ccc(/C=N\N2C(=O)[C@@H]3[C@H](C2=O)[C@H]2C=C[C@@H]3C23CC3)cc1OC. The quantitative estimate of drug-likeness (QED) is 0.473. The van der Waals surface area contributed by atoms with Crippen LogP contribution in [-0.2, 0) is 9.59 Å². The molecule has 2 saturated carbocycles. The third kappa shape index (κ3) is 1.84. The summed E-state index contributed by atoms with van der Waals surface area (Å²) in [4.78, 5) is 25.7. The number of hydrogen-bond acceptors (Lipinski definition) is 5. The van der Waals surface area contributed by atoms with Gasteiger partial charge in [-0.2, -0.15) is 10.1 Å². The normalized spacial score (nSPS) is 32.8. The van der Waals surface area contributed by atoms with Crippen LogP contribution in [-0.4, -0.2) is 37.3 Å². The van der Waals surface area contributed by atoms with Gasteiger partial charge >= 0.3 is 0 Å². The molecule has 2 bridgehead atoms. The second-order valence-electron chi connectivity index (χ2n) is 7.57. The van der Waals surface area contributed by atoms with Crippen molar-refractivity contribution in [1.82, 2.24) is 5.01 Å². The fourth-order valence-corrected chi connectivity index (χ4v) is 5.23. The Labute approximate surface area is 151 Å². The molecule has 1 aromatic rings. The Balaban J connectivity index is 1.40. The number of carbonyl (C=O) groups is 2. The summed E-state index contributed by atoms with van der Waals surface area (Å²) < 4.78 is 10.5. The largest absolute Gasteiger partial charge is 0.493 e. The number of methoxy groups -OCH3 is 2. The lowest BCUT2D eigenvalue weighted by Crippen LogP contribution is -2.30. The Bertz CT molecular complexity index is 837. The monoisotopic (exact) mass is 352 g/mol. The molecule has 6 nitrogen and oxygen atoms in total. The van der Waals surface area contributed by atoms with E-state index in [1.165, 1.54) is 6.21 Å². The summed E-state index contributed by atoms with van der Waals surface area (Å²) in [5.41, 5.74) is 0.944. The lowest BCUT2D eigenvalue weighted by atomic mass is 9.85. The molecule has 3 aliphatic carbocycles. The van der Waals surface area contributed by atoms with Gasteiger partial charge in [-0.1, -0.05) is 12.2 Å². The van der Waals surface area contributed by atoms with Gasteiger partial charge in [-0.25, -0.2) is 0 Å². The number of fused-ring (bicyclic) bond motifs is 3. The van der Waals surface area contributed by atoms with Gasteiger partial charge in [-0.3, -0.25) is 9.59 Å². The fourth-order valence-electron chi connectivity index (χ4n) is 5.23. The summed E-state index contributed by atoms with van der Waals surface area (Å²) in [5.74, 6) is 0.880. The Morgan fingerprint density at radius 2 is 1.65 bits per heavy atom. The predicted molar refractivity (Wildman–Crippen MR) is 93.8 cm³/mol. The summed E-state index contributed by atoms with van der Waals surface area (Å²) in [6.45, 7) is 0. The van der Waals surface area contributed by atoms with E-state index >= 15 is 0 Å². The van der Waals surface area contributed by atoms with Crippen LogP contribution in [0.2, 0.25) is 0 Å². The smallest absolute Gasteiger partial charge is 0.254 e. The van der Waals surface area contributed by atoms with E-state index < -0.39 is 0 Å². The molecule has 4 aliphatic rings. The maximum Gasteiger partial charge on any atom is 0.254 e. The third-order valence-corrected chi connectivity index (χ3v) is 6.56. The molecular formula is C20H20N2O4. The molecule has 1 spiro atoms. The van der Waals surface area contributed by atoms with E-state index in [9.17, 15) is 9.59 Å². The van der Waals surface area contributed by atoms with E-state index in [0.29, 0.717) is 11.5 Å². The predicted octanol–water partition coefficient (Wildman–Crippen LogP) is 2.23. The minimum atomic E-state index is -0.220. The van der Waals surface area contributed by atoms with Crippen molar-refractivity contribution in [3.05, 3.63) is 35.9 Å². The van der Waals surface area contributed by atoms with Gasteiger partial charge in [0.25, 0.3) is 11.8 Å². The molecule has 0 unspecified atom stereocenters. The third-order valence-electron chi connectivity index (χ3n) is 6.56. The van der Waals surface area contributed by atoms with Gasteiger partial charge in [0.05, 0.1) is 32.3 Å². The van der Waals surface area contributed by atoms with Crippen LogP contribution < -0.4 is 9.47 Å². The Morgan fingerprint density at radius 1 is 1.04 bits per heavy atom. The number of hydrogen-bond donors (Lipinski definition) is 0. The van der Waals surface area contributed by atoms with Crippen LogP contribution in [0, 0.1) is 29.1 Å². The van der Waals surface area contributed by atoms with Crippen molar-refractivity contribution in [3.63, 3.8) is 0 Å². The molecule has 26 heavy (non-hydrogen) atoms. The standard InChI is InChI=1S/C20H20N2O4/c1-25-14-6-3-11(9-15(14)26-2)10-21-22-18(23)16-12-4-5-13(17(16)19(22)24)20(12)7-8-20/h3-6,9-10,12-13,16-17H,7-8H2,1-2H3/b21-10-/t12-,13+,16-,17+. The molecule has 4 atom stereocenters. The van der Waals surface area contributed by atoms with Gasteiger partial charge in [-0.05, 0) is 53.9 Å². The van der Waals surface area contributed by atoms with E-state index in [2.05, 4.69) is 17.3 Å². The lowest BCUT2D eigenvalue weighted by molar-refractivity contribution is -0.141. The first kappa shape index (κ1) is 15.6. The molecule has 1 heterocycles. The van der Waals surface area contributed by atoms with E-state index in [4.69, 9.17) is 9.47 Å². The molecule has 2 amide bonds. The Kier molecular flexibility index (Phi) is 3.12. The molecule has 0 aromatic heterocycles. The van der Waals surface area contributed by atoms with Crippen LogP contribution in [0.1, 0.15) is 18.4 Å². The number of amides is 2. The zero-order valence-corrected chi connectivity index (χ0v) is 14.7. The van der Waals surface area contributed by atoms with Crippen molar-refractivity contribution in [3.8, 4) is 11.5 Å². The Morgan fingerprint density at radius 3 is 2.19 bits per heavy atom. The number of carbonyl (C=O) groups excluding carboxylic acids is 2. The van der Waals surface area contributed by atoms with Crippen LogP contribution in [0.3, 0.4) is 0 Å². The van der Waals surface area contributed by atoms with E-state index in [-0.39, 0.29) is 40.9 Å². The molecule has 134 valence electrons. The van der Waals surface area contributed by atoms with Gasteiger partial charge < -0.3 is 9.47 Å². The number of imide groups is 1. The van der Waals surface area contributed by atoms with Gasteiger partial charge in [0.15, 0.2) is 11.5 Å². The first-order valence-corrected chi connectivity index (χ1v) is 8.93. The van der Waals surface area contributed by atoms with Crippen molar-refractivity contribution >= 4 is 18.0 Å². The number of rotatable bonds is 4. The van der Waals surface area contributed by atoms with Crippen molar-refractivity contribution < 1.29 is 19.1 Å². The molecule has 3 fully saturated rings. The number of ether oxygens (including phenoxy) is 2. The average molecular weight is 352 g/mol. The molecule has 1 aliphatic heterocycles. The van der Waals surface area contributed by atoms with Crippen LogP contribution in [0.15, 0.2) is 35.5 Å². The summed E-state index contributed by atoms with van der Waals surface area (Å²) in [6.07, 6.45) is 8.12. The fraction of sp³-hybridized carbons (Fsp3) is 0.450.